The van der Waals surface area contributed by atoms with E-state index in [1.165, 1.54) is 4.31 Å². The molecule has 2 aromatic heterocycles. The molecule has 3 heterocycles. The number of fused-ring (bicyclic) bond motifs is 1. The van der Waals surface area contributed by atoms with Crippen molar-refractivity contribution in [3.8, 4) is 0 Å². The molecule has 0 unspecified atom stereocenters. The molecular weight excluding hydrogens is 470 g/mol. The van der Waals surface area contributed by atoms with Crippen LogP contribution < -0.4 is 10.6 Å². The molecule has 2 aliphatic rings. The summed E-state index contributed by atoms with van der Waals surface area (Å²) in [7, 11) is -3.33. The molecule has 4 rings (SSSR count). The number of carbonyl (C=O) groups is 1. The molecule has 2 aromatic rings. The molecule has 1 aliphatic heterocycles. The standard InChI is InChI=1S/C24H35N5O5S/c1-24(2,3)34-23(31)27-17-6-5-15(11-17)22-18-12-21(26-13-16(18)7-9-25-22)28-19-8-10-29(14-20(19)30)35(4,32)33/h7,9,12-13,15,17,19-20,30H,5-6,8,10-11,14H2,1-4H3,(H,26,28)(H,27,31)/t15-,17-,19-,20-/m1/s1. The predicted octanol–water partition coefficient (Wildman–Crippen LogP) is 2.60. The summed E-state index contributed by atoms with van der Waals surface area (Å²) in [5.74, 6) is 0.808. The maximum Gasteiger partial charge on any atom is 0.407 e. The van der Waals surface area contributed by atoms with Gasteiger partial charge in [0.05, 0.1) is 24.1 Å². The number of nitrogens with zero attached hydrogens (tertiary/aromatic N) is 3. The number of sulfonamides is 1. The van der Waals surface area contributed by atoms with Crippen molar-refractivity contribution >= 4 is 32.7 Å². The van der Waals surface area contributed by atoms with Gasteiger partial charge >= 0.3 is 6.09 Å². The number of carbonyl (C=O) groups excluding carboxylic acids is 1. The van der Waals surface area contributed by atoms with Crippen LogP contribution in [0.2, 0.25) is 0 Å². The van der Waals surface area contributed by atoms with E-state index in [4.69, 9.17) is 4.74 Å². The number of hydrogen-bond donors (Lipinski definition) is 3. The fourth-order valence-electron chi connectivity index (χ4n) is 4.89. The molecule has 1 aliphatic carbocycles. The molecule has 4 atom stereocenters. The Hall–Kier alpha value is -2.50. The van der Waals surface area contributed by atoms with Gasteiger partial charge in [0.2, 0.25) is 10.0 Å². The predicted molar refractivity (Wildman–Crippen MR) is 134 cm³/mol. The van der Waals surface area contributed by atoms with Crippen LogP contribution >= 0.6 is 0 Å². The lowest BCUT2D eigenvalue weighted by Gasteiger charge is -2.35. The van der Waals surface area contributed by atoms with E-state index in [9.17, 15) is 18.3 Å². The second kappa shape index (κ2) is 9.87. The fourth-order valence-corrected chi connectivity index (χ4v) is 5.75. The number of β-amino-alcohol motifs (C(OH)–C–C–N with tert-alkyl or cyclic N) is 1. The Labute approximate surface area is 206 Å². The lowest BCUT2D eigenvalue weighted by Crippen LogP contribution is -2.51. The Morgan fingerprint density at radius 3 is 2.69 bits per heavy atom. The minimum Gasteiger partial charge on any atom is -0.444 e. The zero-order valence-electron chi connectivity index (χ0n) is 20.7. The summed E-state index contributed by atoms with van der Waals surface area (Å²) in [5, 5.41) is 18.7. The fraction of sp³-hybridized carbons (Fsp3) is 0.625. The molecule has 0 bridgehead atoms. The van der Waals surface area contributed by atoms with E-state index >= 15 is 0 Å². The summed E-state index contributed by atoms with van der Waals surface area (Å²) in [6.07, 6.45) is 6.50. The summed E-state index contributed by atoms with van der Waals surface area (Å²) in [6.45, 7) is 5.94. The van der Waals surface area contributed by atoms with Gasteiger partial charge in [-0.1, -0.05) is 0 Å². The van der Waals surface area contributed by atoms with Gasteiger partial charge < -0.3 is 20.5 Å². The molecule has 192 valence electrons. The van der Waals surface area contributed by atoms with E-state index < -0.39 is 27.8 Å². The van der Waals surface area contributed by atoms with E-state index in [1.54, 1.807) is 12.4 Å². The molecule has 3 N–H and O–H groups in total. The van der Waals surface area contributed by atoms with Gasteiger partial charge in [-0.05, 0) is 58.6 Å². The molecule has 35 heavy (non-hydrogen) atoms. The summed E-state index contributed by atoms with van der Waals surface area (Å²) in [6, 6.07) is 3.59. The summed E-state index contributed by atoms with van der Waals surface area (Å²) in [5.41, 5.74) is 0.430. The number of alkyl carbamates (subject to hydrolysis) is 1. The third kappa shape index (κ3) is 6.39. The van der Waals surface area contributed by atoms with Crippen molar-refractivity contribution in [3.05, 3.63) is 30.2 Å². The van der Waals surface area contributed by atoms with E-state index in [1.807, 2.05) is 32.9 Å². The van der Waals surface area contributed by atoms with Gasteiger partial charge in [0.1, 0.15) is 11.4 Å². The number of pyridine rings is 2. The third-order valence-corrected chi connectivity index (χ3v) is 7.84. The van der Waals surface area contributed by atoms with E-state index in [0.717, 1.165) is 42.0 Å². The molecule has 0 radical (unpaired) electrons. The van der Waals surface area contributed by atoms with Crippen molar-refractivity contribution < 1.29 is 23.1 Å². The van der Waals surface area contributed by atoms with E-state index in [2.05, 4.69) is 20.6 Å². The number of anilines is 1. The number of aliphatic hydroxyl groups excluding tert-OH is 1. The maximum atomic E-state index is 12.2. The highest BCUT2D eigenvalue weighted by Crippen LogP contribution is 2.37. The number of hydrogen-bond acceptors (Lipinski definition) is 8. The monoisotopic (exact) mass is 505 g/mol. The maximum absolute atomic E-state index is 12.2. The highest BCUT2D eigenvalue weighted by Gasteiger charge is 2.33. The minimum atomic E-state index is -3.33. The lowest BCUT2D eigenvalue weighted by atomic mass is 9.98. The Balaban J connectivity index is 1.46. The molecule has 2 fully saturated rings. The Bertz CT molecular complexity index is 1180. The van der Waals surface area contributed by atoms with Crippen LogP contribution in [0.3, 0.4) is 0 Å². The third-order valence-electron chi connectivity index (χ3n) is 6.57. The average molecular weight is 506 g/mol. The van der Waals surface area contributed by atoms with Crippen molar-refractivity contribution in [3.63, 3.8) is 0 Å². The number of aliphatic hydroxyl groups is 1. The van der Waals surface area contributed by atoms with Crippen LogP contribution in [0.25, 0.3) is 10.8 Å². The number of rotatable bonds is 5. The molecule has 1 saturated heterocycles. The number of amides is 1. The second-order valence-electron chi connectivity index (χ2n) is 10.6. The Morgan fingerprint density at radius 2 is 2.00 bits per heavy atom. The molecule has 11 heteroatoms. The molecule has 1 amide bonds. The zero-order chi connectivity index (χ0) is 25.4. The van der Waals surface area contributed by atoms with Crippen LogP contribution in [0.15, 0.2) is 24.5 Å². The number of piperidine rings is 1. The average Bonchev–Trinajstić information content (AvgIpc) is 3.20. The number of aromatic nitrogens is 2. The van der Waals surface area contributed by atoms with Crippen LogP contribution in [0, 0.1) is 0 Å². The summed E-state index contributed by atoms with van der Waals surface area (Å²) in [4.78, 5) is 21.4. The molecule has 0 aromatic carbocycles. The smallest absolute Gasteiger partial charge is 0.407 e. The second-order valence-corrected chi connectivity index (χ2v) is 12.6. The lowest BCUT2D eigenvalue weighted by molar-refractivity contribution is 0.0505. The highest BCUT2D eigenvalue weighted by molar-refractivity contribution is 7.88. The first-order valence-corrected chi connectivity index (χ1v) is 13.9. The van der Waals surface area contributed by atoms with Crippen molar-refractivity contribution in [1.29, 1.82) is 0 Å². The zero-order valence-corrected chi connectivity index (χ0v) is 21.5. The van der Waals surface area contributed by atoms with Crippen LogP contribution in [-0.2, 0) is 14.8 Å². The Morgan fingerprint density at radius 1 is 1.23 bits per heavy atom. The quantitative estimate of drug-likeness (QED) is 0.565. The van der Waals surface area contributed by atoms with Crippen LogP contribution in [0.4, 0.5) is 10.6 Å². The van der Waals surface area contributed by atoms with E-state index in [-0.39, 0.29) is 24.5 Å². The topological polar surface area (TPSA) is 134 Å². The van der Waals surface area contributed by atoms with E-state index in [0.29, 0.717) is 18.8 Å². The van der Waals surface area contributed by atoms with Gasteiger partial charge in [0.25, 0.3) is 0 Å². The SMILES string of the molecule is CC(C)(C)OC(=O)N[C@@H]1CC[C@@H](c2nccc3cnc(N[C@@H]4CCN(S(C)(=O)=O)C[C@H]4O)cc23)C1. The summed E-state index contributed by atoms with van der Waals surface area (Å²) < 4.78 is 30.3. The van der Waals surface area contributed by atoms with Crippen molar-refractivity contribution in [2.24, 2.45) is 0 Å². The normalized spacial score (nSPS) is 26.0. The number of nitrogens with one attached hydrogen (secondary N) is 2. The van der Waals surface area contributed by atoms with Crippen LogP contribution in [0.5, 0.6) is 0 Å². The van der Waals surface area contributed by atoms with Crippen LogP contribution in [-0.4, -0.2) is 77.0 Å². The van der Waals surface area contributed by atoms with Crippen LogP contribution in [0.1, 0.15) is 58.1 Å². The van der Waals surface area contributed by atoms with Gasteiger partial charge in [0.15, 0.2) is 0 Å². The molecule has 0 spiro atoms. The van der Waals surface area contributed by atoms with Gasteiger partial charge in [-0.2, -0.15) is 4.31 Å². The number of ether oxygens (including phenoxy) is 1. The highest BCUT2D eigenvalue weighted by atomic mass is 32.2. The minimum absolute atomic E-state index is 0.0292. The molecule has 10 nitrogen and oxygen atoms in total. The van der Waals surface area contributed by atoms with Gasteiger partial charge in [-0.25, -0.2) is 18.2 Å². The van der Waals surface area contributed by atoms with Crippen molar-refractivity contribution in [2.45, 2.75) is 76.2 Å². The first kappa shape index (κ1) is 25.6. The Kier molecular flexibility index (Phi) is 7.21. The van der Waals surface area contributed by atoms with Gasteiger partial charge in [-0.15, -0.1) is 0 Å². The van der Waals surface area contributed by atoms with Gasteiger partial charge in [-0.3, -0.25) is 4.98 Å². The molecule has 1 saturated carbocycles. The first-order valence-electron chi connectivity index (χ1n) is 12.0. The summed E-state index contributed by atoms with van der Waals surface area (Å²) >= 11 is 0. The van der Waals surface area contributed by atoms with Crippen molar-refractivity contribution in [1.82, 2.24) is 19.6 Å². The largest absolute Gasteiger partial charge is 0.444 e. The van der Waals surface area contributed by atoms with Crippen molar-refractivity contribution in [2.75, 3.05) is 24.7 Å². The molecular formula is C24H35N5O5S. The first-order chi connectivity index (χ1) is 16.4. The van der Waals surface area contributed by atoms with Gasteiger partial charge in [0, 0.05) is 48.2 Å².